The van der Waals surface area contributed by atoms with Gasteiger partial charge in [-0.25, -0.2) is 0 Å². The van der Waals surface area contributed by atoms with Gasteiger partial charge in [-0.1, -0.05) is 0 Å². The highest BCUT2D eigenvalue weighted by Crippen LogP contribution is 2.24. The molecular weight excluding hydrogens is 248 g/mol. The first-order chi connectivity index (χ1) is 9.00. The molecule has 6 nitrogen and oxygen atoms in total. The molecule has 1 saturated heterocycles. The average molecular weight is 266 g/mol. The van der Waals surface area contributed by atoms with Gasteiger partial charge in [0.2, 0.25) is 0 Å². The van der Waals surface area contributed by atoms with Gasteiger partial charge in [0.15, 0.2) is 0 Å². The van der Waals surface area contributed by atoms with Crippen LogP contribution in [0.3, 0.4) is 0 Å². The van der Waals surface area contributed by atoms with Gasteiger partial charge in [0.25, 0.3) is 5.69 Å². The monoisotopic (exact) mass is 266 g/mol. The van der Waals surface area contributed by atoms with Gasteiger partial charge in [-0.3, -0.25) is 10.1 Å². The van der Waals surface area contributed by atoms with Crippen molar-refractivity contribution in [1.82, 2.24) is 0 Å². The standard InChI is InChI=1S/C13H18N2O4/c1-10-8-11(15(17)18)2-3-12(10)14-9-13(16)4-6-19-7-5-13/h2-3,8,14,16H,4-7,9H2,1H3. The second kappa shape index (κ2) is 5.54. The molecule has 1 aromatic rings. The fraction of sp³-hybridized carbons (Fsp3) is 0.538. The quantitative estimate of drug-likeness (QED) is 0.641. The van der Waals surface area contributed by atoms with E-state index in [4.69, 9.17) is 4.74 Å². The van der Waals surface area contributed by atoms with E-state index in [-0.39, 0.29) is 5.69 Å². The zero-order valence-corrected chi connectivity index (χ0v) is 10.9. The van der Waals surface area contributed by atoms with Gasteiger partial charge in [-0.05, 0) is 18.6 Å². The number of nitro groups is 1. The van der Waals surface area contributed by atoms with Crippen molar-refractivity contribution < 1.29 is 14.8 Å². The van der Waals surface area contributed by atoms with Crippen molar-refractivity contribution in [2.75, 3.05) is 25.1 Å². The Kier molecular flexibility index (Phi) is 4.01. The highest BCUT2D eigenvalue weighted by atomic mass is 16.6. The molecule has 0 saturated carbocycles. The minimum Gasteiger partial charge on any atom is -0.388 e. The molecule has 0 spiro atoms. The number of benzene rings is 1. The van der Waals surface area contributed by atoms with Crippen LogP contribution in [0.2, 0.25) is 0 Å². The molecule has 1 fully saturated rings. The van der Waals surface area contributed by atoms with Crippen molar-refractivity contribution in [3.05, 3.63) is 33.9 Å². The number of nitrogens with zero attached hydrogens (tertiary/aromatic N) is 1. The molecule has 2 rings (SSSR count). The molecule has 19 heavy (non-hydrogen) atoms. The van der Waals surface area contributed by atoms with Gasteiger partial charge >= 0.3 is 0 Å². The molecule has 0 bridgehead atoms. The Morgan fingerprint density at radius 1 is 1.47 bits per heavy atom. The molecule has 0 aliphatic carbocycles. The van der Waals surface area contributed by atoms with Crippen LogP contribution in [0, 0.1) is 17.0 Å². The van der Waals surface area contributed by atoms with E-state index in [2.05, 4.69) is 5.32 Å². The second-order valence-corrected chi connectivity index (χ2v) is 4.95. The predicted molar refractivity (Wildman–Crippen MR) is 71.3 cm³/mol. The van der Waals surface area contributed by atoms with Gasteiger partial charge in [-0.15, -0.1) is 0 Å². The largest absolute Gasteiger partial charge is 0.388 e. The van der Waals surface area contributed by atoms with Crippen LogP contribution in [0.15, 0.2) is 18.2 Å². The van der Waals surface area contributed by atoms with Gasteiger partial charge in [0, 0.05) is 50.4 Å². The van der Waals surface area contributed by atoms with E-state index in [0.717, 1.165) is 11.3 Å². The summed E-state index contributed by atoms with van der Waals surface area (Å²) in [6.45, 7) is 3.37. The van der Waals surface area contributed by atoms with Crippen LogP contribution in [0.4, 0.5) is 11.4 Å². The summed E-state index contributed by atoms with van der Waals surface area (Å²) in [5.41, 5.74) is 0.926. The van der Waals surface area contributed by atoms with Crippen molar-refractivity contribution in [3.8, 4) is 0 Å². The first kappa shape index (κ1) is 13.8. The zero-order valence-electron chi connectivity index (χ0n) is 10.9. The summed E-state index contributed by atoms with van der Waals surface area (Å²) in [7, 11) is 0. The molecule has 0 amide bonds. The average Bonchev–Trinajstić information content (AvgIpc) is 2.38. The lowest BCUT2D eigenvalue weighted by molar-refractivity contribution is -0.384. The number of anilines is 1. The first-order valence-electron chi connectivity index (χ1n) is 6.29. The van der Waals surface area contributed by atoms with E-state index in [1.54, 1.807) is 6.07 Å². The number of hydrogen-bond donors (Lipinski definition) is 2. The Balaban J connectivity index is 2.01. The molecule has 1 aromatic carbocycles. The van der Waals surface area contributed by atoms with E-state index in [1.165, 1.54) is 12.1 Å². The van der Waals surface area contributed by atoms with Crippen LogP contribution in [-0.2, 0) is 4.74 Å². The molecule has 1 aliphatic heterocycles. The molecule has 2 N–H and O–H groups in total. The maximum atomic E-state index is 10.7. The maximum Gasteiger partial charge on any atom is 0.269 e. The number of aliphatic hydroxyl groups is 1. The maximum absolute atomic E-state index is 10.7. The van der Waals surface area contributed by atoms with Crippen LogP contribution < -0.4 is 5.32 Å². The van der Waals surface area contributed by atoms with Crippen molar-refractivity contribution in [1.29, 1.82) is 0 Å². The minimum atomic E-state index is -0.757. The summed E-state index contributed by atoms with van der Waals surface area (Å²) < 4.78 is 5.22. The number of nitro benzene ring substituents is 1. The molecule has 0 unspecified atom stereocenters. The van der Waals surface area contributed by atoms with E-state index in [9.17, 15) is 15.2 Å². The summed E-state index contributed by atoms with van der Waals surface area (Å²) in [5, 5.41) is 24.1. The smallest absolute Gasteiger partial charge is 0.269 e. The Hall–Kier alpha value is -1.66. The van der Waals surface area contributed by atoms with Crippen LogP contribution in [0.25, 0.3) is 0 Å². The third-order valence-electron chi connectivity index (χ3n) is 3.45. The Labute approximate surface area is 111 Å². The Bertz CT molecular complexity index is 470. The van der Waals surface area contributed by atoms with E-state index >= 15 is 0 Å². The van der Waals surface area contributed by atoms with Crippen LogP contribution in [0.5, 0.6) is 0 Å². The Morgan fingerprint density at radius 2 is 2.16 bits per heavy atom. The first-order valence-corrected chi connectivity index (χ1v) is 6.29. The number of rotatable bonds is 4. The molecule has 0 atom stereocenters. The lowest BCUT2D eigenvalue weighted by atomic mass is 9.94. The molecule has 0 radical (unpaired) electrons. The van der Waals surface area contributed by atoms with E-state index in [0.29, 0.717) is 32.6 Å². The van der Waals surface area contributed by atoms with Crippen molar-refractivity contribution in [3.63, 3.8) is 0 Å². The number of non-ortho nitro benzene ring substituents is 1. The number of nitrogens with one attached hydrogen (secondary N) is 1. The molecule has 0 aromatic heterocycles. The molecular formula is C13H18N2O4. The topological polar surface area (TPSA) is 84.6 Å². The van der Waals surface area contributed by atoms with Crippen LogP contribution in [-0.4, -0.2) is 35.4 Å². The third kappa shape index (κ3) is 3.42. The second-order valence-electron chi connectivity index (χ2n) is 4.95. The Morgan fingerprint density at radius 3 is 2.74 bits per heavy atom. The minimum absolute atomic E-state index is 0.0767. The lowest BCUT2D eigenvalue weighted by Gasteiger charge is -2.32. The highest BCUT2D eigenvalue weighted by molar-refractivity contribution is 5.55. The molecule has 104 valence electrons. The van der Waals surface area contributed by atoms with Crippen molar-refractivity contribution in [2.24, 2.45) is 0 Å². The van der Waals surface area contributed by atoms with Crippen molar-refractivity contribution in [2.45, 2.75) is 25.4 Å². The van der Waals surface area contributed by atoms with E-state index < -0.39 is 10.5 Å². The number of aryl methyl sites for hydroxylation is 1. The van der Waals surface area contributed by atoms with Gasteiger partial charge in [0.05, 0.1) is 10.5 Å². The summed E-state index contributed by atoms with van der Waals surface area (Å²) in [6.07, 6.45) is 1.21. The number of ether oxygens (including phenoxy) is 1. The normalized spacial score (nSPS) is 18.0. The van der Waals surface area contributed by atoms with Crippen molar-refractivity contribution >= 4 is 11.4 Å². The molecule has 1 aliphatic rings. The van der Waals surface area contributed by atoms with Gasteiger partial charge in [0.1, 0.15) is 0 Å². The van der Waals surface area contributed by atoms with Crippen LogP contribution >= 0.6 is 0 Å². The molecule has 6 heteroatoms. The summed E-state index contributed by atoms with van der Waals surface area (Å²) in [6, 6.07) is 4.66. The zero-order chi connectivity index (χ0) is 13.9. The van der Waals surface area contributed by atoms with Gasteiger partial charge < -0.3 is 15.2 Å². The fourth-order valence-electron chi connectivity index (χ4n) is 2.15. The summed E-state index contributed by atoms with van der Waals surface area (Å²) in [5.74, 6) is 0. The number of hydrogen-bond acceptors (Lipinski definition) is 5. The lowest BCUT2D eigenvalue weighted by Crippen LogP contribution is -2.42. The molecule has 1 heterocycles. The predicted octanol–water partition coefficient (Wildman–Crippen LogP) is 1.86. The van der Waals surface area contributed by atoms with Crippen LogP contribution in [0.1, 0.15) is 18.4 Å². The summed E-state index contributed by atoms with van der Waals surface area (Å²) in [4.78, 5) is 10.2. The fourth-order valence-corrected chi connectivity index (χ4v) is 2.15. The van der Waals surface area contributed by atoms with E-state index in [1.807, 2.05) is 6.92 Å². The van der Waals surface area contributed by atoms with Gasteiger partial charge in [-0.2, -0.15) is 0 Å². The highest BCUT2D eigenvalue weighted by Gasteiger charge is 2.29. The SMILES string of the molecule is Cc1cc([N+](=O)[O-])ccc1NCC1(O)CCOCC1. The summed E-state index contributed by atoms with van der Waals surface area (Å²) >= 11 is 0. The third-order valence-corrected chi connectivity index (χ3v) is 3.45.